The first-order valence-corrected chi connectivity index (χ1v) is 9.63. The second kappa shape index (κ2) is 8.76. The van der Waals surface area contributed by atoms with Crippen molar-refractivity contribution in [2.75, 3.05) is 18.9 Å². The summed E-state index contributed by atoms with van der Waals surface area (Å²) in [5.41, 5.74) is 1.12. The highest BCUT2D eigenvalue weighted by Gasteiger charge is 2.27. The number of carbonyl (C=O) groups excluding carboxylic acids is 1. The minimum atomic E-state index is 0.161. The van der Waals surface area contributed by atoms with Gasteiger partial charge in [0.2, 0.25) is 5.91 Å². The molecule has 4 nitrogen and oxygen atoms in total. The van der Waals surface area contributed by atoms with Crippen molar-refractivity contribution in [3.8, 4) is 0 Å². The molecule has 0 aliphatic heterocycles. The van der Waals surface area contributed by atoms with Crippen LogP contribution in [0, 0.1) is 6.92 Å². The predicted molar refractivity (Wildman–Crippen MR) is 88.7 cm³/mol. The highest BCUT2D eigenvalue weighted by atomic mass is 32.2. The molecule has 1 heterocycles. The molecule has 0 unspecified atom stereocenters. The average Bonchev–Trinajstić information content (AvgIpc) is 2.82. The van der Waals surface area contributed by atoms with Crippen molar-refractivity contribution in [2.45, 2.75) is 50.8 Å². The summed E-state index contributed by atoms with van der Waals surface area (Å²) in [6.45, 7) is 2.88. The number of aliphatic hydroxyl groups excluding tert-OH is 1. The van der Waals surface area contributed by atoms with Crippen LogP contribution in [0.4, 0.5) is 0 Å². The fraction of sp³-hybridized carbons (Fsp3) is 0.733. The van der Waals surface area contributed by atoms with Gasteiger partial charge in [0.1, 0.15) is 0 Å². The van der Waals surface area contributed by atoms with E-state index in [1.165, 1.54) is 6.42 Å². The fourth-order valence-corrected chi connectivity index (χ4v) is 3.94. The molecule has 1 aromatic heterocycles. The monoisotopic (exact) mass is 328 g/mol. The lowest BCUT2D eigenvalue weighted by atomic mass is 9.91. The van der Waals surface area contributed by atoms with Gasteiger partial charge in [-0.05, 0) is 32.6 Å². The number of hydrogen-bond acceptors (Lipinski definition) is 5. The van der Waals surface area contributed by atoms with E-state index < -0.39 is 0 Å². The van der Waals surface area contributed by atoms with E-state index in [-0.39, 0.29) is 12.5 Å². The Kier molecular flexibility index (Phi) is 6.99. The molecule has 0 spiro atoms. The number of carbonyl (C=O) groups is 1. The molecule has 1 fully saturated rings. The van der Waals surface area contributed by atoms with E-state index in [0.29, 0.717) is 25.4 Å². The third-order valence-corrected chi connectivity index (χ3v) is 5.58. The maximum atomic E-state index is 12.3. The van der Waals surface area contributed by atoms with Gasteiger partial charge in [0.05, 0.1) is 10.7 Å². The molecule has 1 aromatic rings. The van der Waals surface area contributed by atoms with Crippen LogP contribution < -0.4 is 0 Å². The van der Waals surface area contributed by atoms with Gasteiger partial charge in [-0.1, -0.05) is 0 Å². The van der Waals surface area contributed by atoms with Crippen LogP contribution in [-0.2, 0) is 10.5 Å². The molecule has 0 bridgehead atoms. The van der Waals surface area contributed by atoms with Gasteiger partial charge in [0.25, 0.3) is 0 Å². The minimum absolute atomic E-state index is 0.161. The van der Waals surface area contributed by atoms with E-state index in [2.05, 4.69) is 10.4 Å². The SMILES string of the molecule is Cc1nc(CSCCC(=O)N(CCCO)C2CCC2)cs1. The molecule has 21 heavy (non-hydrogen) atoms. The summed E-state index contributed by atoms with van der Waals surface area (Å²) in [6.07, 6.45) is 4.76. The molecule has 0 aromatic carbocycles. The molecule has 1 amide bonds. The number of aliphatic hydroxyl groups is 1. The summed E-state index contributed by atoms with van der Waals surface area (Å²) >= 11 is 3.45. The number of hydrogen-bond donors (Lipinski definition) is 1. The number of rotatable bonds is 9. The van der Waals surface area contributed by atoms with Gasteiger partial charge < -0.3 is 10.0 Å². The third kappa shape index (κ3) is 5.27. The van der Waals surface area contributed by atoms with Crippen molar-refractivity contribution in [1.29, 1.82) is 0 Å². The fourth-order valence-electron chi connectivity index (χ4n) is 2.40. The Hall–Kier alpha value is -0.590. The topological polar surface area (TPSA) is 53.4 Å². The molecule has 2 rings (SSSR count). The van der Waals surface area contributed by atoms with Crippen LogP contribution in [0.1, 0.15) is 42.8 Å². The number of aromatic nitrogens is 1. The van der Waals surface area contributed by atoms with Gasteiger partial charge >= 0.3 is 0 Å². The lowest BCUT2D eigenvalue weighted by Gasteiger charge is -2.37. The zero-order valence-electron chi connectivity index (χ0n) is 12.6. The Morgan fingerprint density at radius 2 is 2.38 bits per heavy atom. The standard InChI is InChI=1S/C15H24N2O2S2/c1-12-16-13(11-21-12)10-20-9-6-15(19)17(7-3-8-18)14-4-2-5-14/h11,14,18H,2-10H2,1H3. The summed E-state index contributed by atoms with van der Waals surface area (Å²) in [4.78, 5) is 18.7. The summed E-state index contributed by atoms with van der Waals surface area (Å²) in [6, 6.07) is 0.426. The molecule has 6 heteroatoms. The van der Waals surface area contributed by atoms with Crippen molar-refractivity contribution in [1.82, 2.24) is 9.88 Å². The Morgan fingerprint density at radius 3 is 2.95 bits per heavy atom. The number of thiazole rings is 1. The second-order valence-corrected chi connectivity index (χ2v) is 7.58. The summed E-state index contributed by atoms with van der Waals surface area (Å²) in [7, 11) is 0. The van der Waals surface area contributed by atoms with Gasteiger partial charge in [-0.2, -0.15) is 11.8 Å². The van der Waals surface area contributed by atoms with Crippen molar-refractivity contribution in [3.63, 3.8) is 0 Å². The first-order chi connectivity index (χ1) is 10.2. The van der Waals surface area contributed by atoms with Crippen LogP contribution in [-0.4, -0.2) is 45.8 Å². The maximum Gasteiger partial charge on any atom is 0.223 e. The molecule has 0 radical (unpaired) electrons. The van der Waals surface area contributed by atoms with E-state index in [1.54, 1.807) is 23.1 Å². The van der Waals surface area contributed by atoms with Crippen LogP contribution in [0.5, 0.6) is 0 Å². The van der Waals surface area contributed by atoms with Crippen molar-refractivity contribution < 1.29 is 9.90 Å². The molecule has 0 atom stereocenters. The second-order valence-electron chi connectivity index (χ2n) is 5.41. The molecule has 118 valence electrons. The normalized spacial score (nSPS) is 15.0. The molecular formula is C15H24N2O2S2. The van der Waals surface area contributed by atoms with Gasteiger partial charge in [-0.3, -0.25) is 4.79 Å². The molecule has 1 aliphatic rings. The number of aryl methyl sites for hydroxylation is 1. The highest BCUT2D eigenvalue weighted by molar-refractivity contribution is 7.98. The predicted octanol–water partition coefficient (Wildman–Crippen LogP) is 2.84. The van der Waals surface area contributed by atoms with Gasteiger partial charge in [-0.15, -0.1) is 11.3 Å². The first-order valence-electron chi connectivity index (χ1n) is 7.60. The van der Waals surface area contributed by atoms with E-state index in [0.717, 1.165) is 35.0 Å². The van der Waals surface area contributed by atoms with Gasteiger partial charge in [0.15, 0.2) is 0 Å². The maximum absolute atomic E-state index is 12.3. The van der Waals surface area contributed by atoms with Crippen molar-refractivity contribution in [2.24, 2.45) is 0 Å². The van der Waals surface area contributed by atoms with Crippen molar-refractivity contribution in [3.05, 3.63) is 16.1 Å². The minimum Gasteiger partial charge on any atom is -0.396 e. The summed E-state index contributed by atoms with van der Waals surface area (Å²) < 4.78 is 0. The van der Waals surface area contributed by atoms with Crippen LogP contribution >= 0.6 is 23.1 Å². The Bertz CT molecular complexity index is 447. The van der Waals surface area contributed by atoms with Crippen LogP contribution in [0.15, 0.2) is 5.38 Å². The van der Waals surface area contributed by atoms with E-state index in [9.17, 15) is 4.79 Å². The molecule has 1 N–H and O–H groups in total. The van der Waals surface area contributed by atoms with Crippen molar-refractivity contribution >= 4 is 29.0 Å². The highest BCUT2D eigenvalue weighted by Crippen LogP contribution is 2.26. The number of thioether (sulfide) groups is 1. The summed E-state index contributed by atoms with van der Waals surface area (Å²) in [5.74, 6) is 1.98. The zero-order valence-corrected chi connectivity index (χ0v) is 14.2. The zero-order chi connectivity index (χ0) is 15.1. The molecule has 1 aliphatic carbocycles. The van der Waals surface area contributed by atoms with E-state index >= 15 is 0 Å². The lowest BCUT2D eigenvalue weighted by molar-refractivity contribution is -0.134. The summed E-state index contributed by atoms with van der Waals surface area (Å²) in [5, 5.41) is 12.2. The first kappa shape index (κ1) is 16.8. The van der Waals surface area contributed by atoms with E-state index in [1.807, 2.05) is 11.8 Å². The van der Waals surface area contributed by atoms with Crippen LogP contribution in [0.2, 0.25) is 0 Å². The van der Waals surface area contributed by atoms with Gasteiger partial charge in [0, 0.05) is 42.5 Å². The molecule has 1 saturated carbocycles. The number of nitrogens with zero attached hydrogens (tertiary/aromatic N) is 2. The molecular weight excluding hydrogens is 304 g/mol. The smallest absolute Gasteiger partial charge is 0.223 e. The number of amides is 1. The Labute approximate surface area is 135 Å². The van der Waals surface area contributed by atoms with E-state index in [4.69, 9.17) is 5.11 Å². The third-order valence-electron chi connectivity index (χ3n) is 3.77. The Balaban J connectivity index is 1.68. The molecule has 0 saturated heterocycles. The van der Waals surface area contributed by atoms with Crippen LogP contribution in [0.25, 0.3) is 0 Å². The average molecular weight is 329 g/mol. The lowest BCUT2D eigenvalue weighted by Crippen LogP contribution is -2.45. The quantitative estimate of drug-likeness (QED) is 0.708. The largest absolute Gasteiger partial charge is 0.396 e. The van der Waals surface area contributed by atoms with Gasteiger partial charge in [-0.25, -0.2) is 4.98 Å². The Morgan fingerprint density at radius 1 is 1.57 bits per heavy atom. The van der Waals surface area contributed by atoms with Crippen LogP contribution in [0.3, 0.4) is 0 Å².